The molecule has 0 aromatic carbocycles. The van der Waals surface area contributed by atoms with Crippen molar-refractivity contribution in [2.75, 3.05) is 6.54 Å². The second-order valence-corrected chi connectivity index (χ2v) is 6.94. The lowest BCUT2D eigenvalue weighted by Gasteiger charge is -2.27. The number of sulfonamides is 1. The minimum atomic E-state index is -3.15. The molecular weight excluding hydrogens is 212 g/mol. The molecule has 0 spiro atoms. The molecule has 0 radical (unpaired) electrons. The molecule has 0 bridgehead atoms. The molecule has 1 fully saturated rings. The van der Waals surface area contributed by atoms with Gasteiger partial charge < -0.3 is 5.73 Å². The van der Waals surface area contributed by atoms with Gasteiger partial charge in [-0.3, -0.25) is 0 Å². The van der Waals surface area contributed by atoms with E-state index in [4.69, 9.17) is 5.73 Å². The molecule has 0 heterocycles. The lowest BCUT2D eigenvalue weighted by atomic mass is 10.0. The first-order valence-corrected chi connectivity index (χ1v) is 7.15. The van der Waals surface area contributed by atoms with Crippen LogP contribution in [-0.2, 0) is 10.0 Å². The zero-order valence-corrected chi connectivity index (χ0v) is 10.4. The van der Waals surface area contributed by atoms with Crippen LogP contribution in [0.15, 0.2) is 0 Å². The fourth-order valence-corrected chi connectivity index (χ4v) is 4.07. The van der Waals surface area contributed by atoms with Crippen LogP contribution in [0.3, 0.4) is 0 Å². The molecule has 15 heavy (non-hydrogen) atoms. The summed E-state index contributed by atoms with van der Waals surface area (Å²) < 4.78 is 26.7. The van der Waals surface area contributed by atoms with Gasteiger partial charge in [0.1, 0.15) is 0 Å². The molecule has 0 amide bonds. The van der Waals surface area contributed by atoms with Crippen molar-refractivity contribution in [3.63, 3.8) is 0 Å². The van der Waals surface area contributed by atoms with Crippen LogP contribution in [-0.4, -0.2) is 25.8 Å². The van der Waals surface area contributed by atoms with Gasteiger partial charge in [0, 0.05) is 5.54 Å². The van der Waals surface area contributed by atoms with Crippen LogP contribution in [0.5, 0.6) is 0 Å². The standard InChI is InChI=1S/C10H22N2O2S/c1-10(2,7-8-11)12-15(13,14)9-5-3-4-6-9/h9,12H,3-8,11H2,1-2H3. The van der Waals surface area contributed by atoms with Crippen molar-refractivity contribution in [2.24, 2.45) is 5.73 Å². The van der Waals surface area contributed by atoms with Gasteiger partial charge in [0.2, 0.25) is 10.0 Å². The van der Waals surface area contributed by atoms with Crippen molar-refractivity contribution in [3.05, 3.63) is 0 Å². The van der Waals surface area contributed by atoms with Crippen LogP contribution in [0.1, 0.15) is 46.0 Å². The molecule has 0 atom stereocenters. The molecule has 0 unspecified atom stereocenters. The van der Waals surface area contributed by atoms with Gasteiger partial charge in [-0.1, -0.05) is 12.8 Å². The highest BCUT2D eigenvalue weighted by Crippen LogP contribution is 2.25. The fourth-order valence-electron chi connectivity index (χ4n) is 2.08. The molecule has 3 N–H and O–H groups in total. The summed E-state index contributed by atoms with van der Waals surface area (Å²) in [6, 6.07) is 0. The van der Waals surface area contributed by atoms with E-state index in [1.54, 1.807) is 0 Å². The Balaban J connectivity index is 2.62. The number of nitrogens with one attached hydrogen (secondary N) is 1. The van der Waals surface area contributed by atoms with E-state index in [2.05, 4.69) is 4.72 Å². The summed E-state index contributed by atoms with van der Waals surface area (Å²) in [4.78, 5) is 0. The van der Waals surface area contributed by atoms with Gasteiger partial charge in [-0.05, 0) is 39.7 Å². The van der Waals surface area contributed by atoms with Gasteiger partial charge in [0.15, 0.2) is 0 Å². The van der Waals surface area contributed by atoms with Crippen molar-refractivity contribution in [1.29, 1.82) is 0 Å². The van der Waals surface area contributed by atoms with Crippen LogP contribution < -0.4 is 10.5 Å². The normalized spacial score (nSPS) is 19.7. The van der Waals surface area contributed by atoms with Crippen LogP contribution in [0.2, 0.25) is 0 Å². The van der Waals surface area contributed by atoms with E-state index >= 15 is 0 Å². The van der Waals surface area contributed by atoms with Gasteiger partial charge in [-0.2, -0.15) is 0 Å². The first-order valence-electron chi connectivity index (χ1n) is 5.60. The Kier molecular flexibility index (Phi) is 4.14. The van der Waals surface area contributed by atoms with Gasteiger partial charge in [-0.25, -0.2) is 13.1 Å². The molecule has 0 saturated heterocycles. The Labute approximate surface area is 92.7 Å². The summed E-state index contributed by atoms with van der Waals surface area (Å²) in [6.07, 6.45) is 4.33. The average Bonchev–Trinajstić information content (AvgIpc) is 2.52. The first-order chi connectivity index (χ1) is 6.87. The summed E-state index contributed by atoms with van der Waals surface area (Å²) in [5, 5.41) is -0.186. The second-order valence-electron chi connectivity index (χ2n) is 4.98. The molecule has 5 heteroatoms. The summed E-state index contributed by atoms with van der Waals surface area (Å²) >= 11 is 0. The highest BCUT2D eigenvalue weighted by Gasteiger charge is 2.32. The van der Waals surface area contributed by atoms with Gasteiger partial charge >= 0.3 is 0 Å². The van der Waals surface area contributed by atoms with Crippen LogP contribution in [0, 0.1) is 0 Å². The second kappa shape index (κ2) is 4.80. The van der Waals surface area contributed by atoms with Crippen LogP contribution in [0.25, 0.3) is 0 Å². The van der Waals surface area contributed by atoms with E-state index in [9.17, 15) is 8.42 Å². The molecule has 0 aromatic rings. The maximum absolute atomic E-state index is 12.0. The topological polar surface area (TPSA) is 72.2 Å². The number of hydrogen-bond donors (Lipinski definition) is 2. The number of rotatable bonds is 5. The van der Waals surface area contributed by atoms with Crippen molar-refractivity contribution in [2.45, 2.75) is 56.7 Å². The smallest absolute Gasteiger partial charge is 0.214 e. The molecule has 1 rings (SSSR count). The molecule has 4 nitrogen and oxygen atoms in total. The summed E-state index contributed by atoms with van der Waals surface area (Å²) in [5.74, 6) is 0. The molecule has 1 aliphatic rings. The van der Waals surface area contributed by atoms with Crippen molar-refractivity contribution < 1.29 is 8.42 Å². The highest BCUT2D eigenvalue weighted by molar-refractivity contribution is 7.90. The van der Waals surface area contributed by atoms with Gasteiger partial charge in [-0.15, -0.1) is 0 Å². The summed E-state index contributed by atoms with van der Waals surface area (Å²) in [5.41, 5.74) is 5.03. The van der Waals surface area contributed by atoms with Crippen LogP contribution in [0.4, 0.5) is 0 Å². The van der Waals surface area contributed by atoms with E-state index in [0.717, 1.165) is 25.7 Å². The average molecular weight is 234 g/mol. The Hall–Kier alpha value is -0.130. The first kappa shape index (κ1) is 12.9. The van der Waals surface area contributed by atoms with Crippen molar-refractivity contribution >= 4 is 10.0 Å². The third-order valence-electron chi connectivity index (χ3n) is 2.93. The number of nitrogens with two attached hydrogens (primary N) is 1. The van der Waals surface area contributed by atoms with Gasteiger partial charge in [0.25, 0.3) is 0 Å². The third kappa shape index (κ3) is 3.74. The summed E-state index contributed by atoms with van der Waals surface area (Å²) in [7, 11) is -3.15. The SMILES string of the molecule is CC(C)(CCN)NS(=O)(=O)C1CCCC1. The van der Waals surface area contributed by atoms with Gasteiger partial charge in [0.05, 0.1) is 5.25 Å². The van der Waals surface area contributed by atoms with E-state index in [1.807, 2.05) is 13.8 Å². The Bertz CT molecular complexity index is 293. The molecular formula is C10H22N2O2S. The van der Waals surface area contributed by atoms with Crippen LogP contribution >= 0.6 is 0 Å². The van der Waals surface area contributed by atoms with E-state index in [-0.39, 0.29) is 5.25 Å². The minimum absolute atomic E-state index is 0.186. The maximum Gasteiger partial charge on any atom is 0.214 e. The fraction of sp³-hybridized carbons (Fsp3) is 1.00. The molecule has 1 aliphatic carbocycles. The van der Waals surface area contributed by atoms with Crippen molar-refractivity contribution in [3.8, 4) is 0 Å². The number of hydrogen-bond acceptors (Lipinski definition) is 3. The Morgan fingerprint density at radius 1 is 1.33 bits per heavy atom. The molecule has 0 aromatic heterocycles. The van der Waals surface area contributed by atoms with E-state index in [1.165, 1.54) is 0 Å². The molecule has 1 saturated carbocycles. The monoisotopic (exact) mass is 234 g/mol. The third-order valence-corrected chi connectivity index (χ3v) is 5.12. The lowest BCUT2D eigenvalue weighted by Crippen LogP contribution is -2.47. The predicted octanol–water partition coefficient (Wildman–Crippen LogP) is 0.976. The predicted molar refractivity (Wildman–Crippen MR) is 62.1 cm³/mol. The van der Waals surface area contributed by atoms with E-state index in [0.29, 0.717) is 13.0 Å². The lowest BCUT2D eigenvalue weighted by molar-refractivity contribution is 0.424. The molecule has 90 valence electrons. The summed E-state index contributed by atoms with van der Waals surface area (Å²) in [6.45, 7) is 4.26. The largest absolute Gasteiger partial charge is 0.330 e. The minimum Gasteiger partial charge on any atom is -0.330 e. The Morgan fingerprint density at radius 2 is 1.87 bits per heavy atom. The van der Waals surface area contributed by atoms with E-state index < -0.39 is 15.6 Å². The maximum atomic E-state index is 12.0. The highest BCUT2D eigenvalue weighted by atomic mass is 32.2. The Morgan fingerprint density at radius 3 is 2.33 bits per heavy atom. The quantitative estimate of drug-likeness (QED) is 0.744. The van der Waals surface area contributed by atoms with Crippen molar-refractivity contribution in [1.82, 2.24) is 4.72 Å². The molecule has 0 aliphatic heterocycles. The zero-order chi connectivity index (χ0) is 11.5. The zero-order valence-electron chi connectivity index (χ0n) is 9.62.